The van der Waals surface area contributed by atoms with Crippen LogP contribution in [0.25, 0.3) is 0 Å². The Bertz CT molecular complexity index is 1090. The molecule has 0 bridgehead atoms. The lowest BCUT2D eigenvalue weighted by atomic mass is 9.84. The average Bonchev–Trinajstić information content (AvgIpc) is 3.21. The van der Waals surface area contributed by atoms with Gasteiger partial charge in [-0.3, -0.25) is 14.4 Å². The van der Waals surface area contributed by atoms with Gasteiger partial charge in [0.15, 0.2) is 0 Å². The predicted molar refractivity (Wildman–Crippen MR) is 144 cm³/mol. The van der Waals surface area contributed by atoms with Crippen LogP contribution in [0.4, 0.5) is 5.69 Å². The molecular weight excluding hydrogens is 464 g/mol. The molecule has 0 unspecified atom stereocenters. The summed E-state index contributed by atoms with van der Waals surface area (Å²) in [4.78, 5) is 48.3. The monoisotopic (exact) mass is 502 g/mol. The van der Waals surface area contributed by atoms with E-state index in [1.54, 1.807) is 4.90 Å². The molecule has 2 aromatic rings. The number of likely N-dealkylation sites (tertiary alicyclic amines) is 2. The second kappa shape index (κ2) is 11.0. The van der Waals surface area contributed by atoms with E-state index in [-0.39, 0.29) is 30.2 Å². The first-order valence-corrected chi connectivity index (χ1v) is 13.8. The molecule has 3 aliphatic rings. The van der Waals surface area contributed by atoms with Crippen LogP contribution in [0, 0.1) is 0 Å². The maximum atomic E-state index is 14.0. The van der Waals surface area contributed by atoms with Crippen molar-refractivity contribution in [2.24, 2.45) is 0 Å². The molecule has 196 valence electrons. The van der Waals surface area contributed by atoms with Crippen molar-refractivity contribution >= 4 is 23.4 Å². The Labute approximate surface area is 220 Å². The highest BCUT2D eigenvalue weighted by molar-refractivity contribution is 5.96. The van der Waals surface area contributed by atoms with Gasteiger partial charge >= 0.3 is 0 Å². The number of para-hydroxylation sites is 1. The van der Waals surface area contributed by atoms with Crippen LogP contribution in [-0.4, -0.2) is 77.4 Å². The molecule has 3 fully saturated rings. The number of hydrogen-bond acceptors (Lipinski definition) is 4. The molecule has 3 amide bonds. The average molecular weight is 503 g/mol. The van der Waals surface area contributed by atoms with Crippen LogP contribution in [0.2, 0.25) is 0 Å². The van der Waals surface area contributed by atoms with Crippen molar-refractivity contribution in [3.05, 3.63) is 66.2 Å². The third-order valence-corrected chi connectivity index (χ3v) is 8.43. The van der Waals surface area contributed by atoms with Crippen LogP contribution < -0.4 is 4.90 Å². The van der Waals surface area contributed by atoms with E-state index >= 15 is 0 Å². The van der Waals surface area contributed by atoms with Crippen LogP contribution in [0.15, 0.2) is 60.7 Å². The summed E-state index contributed by atoms with van der Waals surface area (Å²) in [5.41, 5.74) is 1.30. The molecule has 0 radical (unpaired) electrons. The van der Waals surface area contributed by atoms with Gasteiger partial charge in [0.1, 0.15) is 12.1 Å². The Morgan fingerprint density at radius 1 is 0.838 bits per heavy atom. The molecule has 37 heavy (non-hydrogen) atoms. The second-order valence-corrected chi connectivity index (χ2v) is 10.6. The fraction of sp³-hybridized carbons (Fsp3) is 0.500. The molecule has 3 aliphatic heterocycles. The minimum atomic E-state index is -0.727. The molecule has 1 spiro atoms. The minimum Gasteiger partial charge on any atom is -0.342 e. The Morgan fingerprint density at radius 2 is 1.46 bits per heavy atom. The van der Waals surface area contributed by atoms with Crippen molar-refractivity contribution in [2.45, 2.75) is 56.9 Å². The Balaban J connectivity index is 1.33. The Morgan fingerprint density at radius 3 is 2.08 bits per heavy atom. The van der Waals surface area contributed by atoms with Crippen molar-refractivity contribution in [2.75, 3.05) is 44.3 Å². The van der Waals surface area contributed by atoms with Crippen LogP contribution in [0.1, 0.15) is 56.9 Å². The molecule has 2 aromatic carbocycles. The summed E-state index contributed by atoms with van der Waals surface area (Å²) < 4.78 is 0. The maximum Gasteiger partial charge on any atom is 0.250 e. The molecule has 3 saturated heterocycles. The highest BCUT2D eigenvalue weighted by Gasteiger charge is 2.54. The van der Waals surface area contributed by atoms with Crippen LogP contribution in [-0.2, 0) is 14.4 Å². The molecule has 0 saturated carbocycles. The number of carbonyl (C=O) groups excluding carboxylic acids is 3. The van der Waals surface area contributed by atoms with Crippen molar-refractivity contribution < 1.29 is 14.4 Å². The highest BCUT2D eigenvalue weighted by atomic mass is 16.2. The molecule has 5 rings (SSSR count). The molecule has 0 aromatic heterocycles. The molecule has 7 nitrogen and oxygen atoms in total. The largest absolute Gasteiger partial charge is 0.342 e. The fourth-order valence-electron chi connectivity index (χ4n) is 6.28. The van der Waals surface area contributed by atoms with Gasteiger partial charge in [-0.1, -0.05) is 55.5 Å². The smallest absolute Gasteiger partial charge is 0.250 e. The van der Waals surface area contributed by atoms with Gasteiger partial charge in [-0.2, -0.15) is 0 Å². The fourth-order valence-corrected chi connectivity index (χ4v) is 6.28. The number of hydrogen-bond donors (Lipinski definition) is 0. The van der Waals surface area contributed by atoms with Gasteiger partial charge in [-0.05, 0) is 56.2 Å². The SMILES string of the molecule is CC[C@H](C(=O)N1CCC2(CC1)C(=O)N(CC(=O)N1CCCCC1)CN2c1ccccc1)c1ccccc1. The van der Waals surface area contributed by atoms with Gasteiger partial charge in [0.05, 0.1) is 12.6 Å². The van der Waals surface area contributed by atoms with Crippen LogP contribution in [0.5, 0.6) is 0 Å². The molecule has 1 atom stereocenters. The summed E-state index contributed by atoms with van der Waals surface area (Å²) in [6, 6.07) is 20.0. The quantitative estimate of drug-likeness (QED) is 0.602. The summed E-state index contributed by atoms with van der Waals surface area (Å²) in [7, 11) is 0. The molecular formula is C30H38N4O3. The van der Waals surface area contributed by atoms with Gasteiger partial charge in [0.2, 0.25) is 11.8 Å². The summed E-state index contributed by atoms with van der Waals surface area (Å²) in [5.74, 6) is 0.0269. The lowest BCUT2D eigenvalue weighted by Gasteiger charge is -2.44. The van der Waals surface area contributed by atoms with Gasteiger partial charge in [0.25, 0.3) is 5.91 Å². The topological polar surface area (TPSA) is 64.2 Å². The minimum absolute atomic E-state index is 0.0175. The van der Waals surface area contributed by atoms with Gasteiger partial charge in [-0.15, -0.1) is 0 Å². The van der Waals surface area contributed by atoms with Gasteiger partial charge in [-0.25, -0.2) is 0 Å². The summed E-state index contributed by atoms with van der Waals surface area (Å²) in [6.45, 7) is 5.21. The lowest BCUT2D eigenvalue weighted by Crippen LogP contribution is -2.58. The summed E-state index contributed by atoms with van der Waals surface area (Å²) >= 11 is 0. The van der Waals surface area contributed by atoms with Crippen molar-refractivity contribution in [3.63, 3.8) is 0 Å². The number of amides is 3. The van der Waals surface area contributed by atoms with Crippen LogP contribution in [0.3, 0.4) is 0 Å². The van der Waals surface area contributed by atoms with Crippen molar-refractivity contribution in [1.82, 2.24) is 14.7 Å². The zero-order valence-corrected chi connectivity index (χ0v) is 21.8. The third kappa shape index (κ3) is 4.96. The number of piperidine rings is 2. The summed E-state index contributed by atoms with van der Waals surface area (Å²) in [5, 5.41) is 0. The lowest BCUT2D eigenvalue weighted by molar-refractivity contribution is -0.142. The first-order valence-electron chi connectivity index (χ1n) is 13.8. The number of nitrogens with zero attached hydrogens (tertiary/aromatic N) is 4. The van der Waals surface area contributed by atoms with Crippen molar-refractivity contribution in [1.29, 1.82) is 0 Å². The number of anilines is 1. The van der Waals surface area contributed by atoms with E-state index < -0.39 is 5.54 Å². The predicted octanol–water partition coefficient (Wildman–Crippen LogP) is 3.86. The first-order chi connectivity index (χ1) is 18.0. The van der Waals surface area contributed by atoms with E-state index in [2.05, 4.69) is 11.8 Å². The van der Waals surface area contributed by atoms with E-state index in [9.17, 15) is 14.4 Å². The number of carbonyl (C=O) groups is 3. The molecule has 7 heteroatoms. The normalized spacial score (nSPS) is 20.4. The second-order valence-electron chi connectivity index (χ2n) is 10.6. The zero-order valence-electron chi connectivity index (χ0n) is 21.8. The van der Waals surface area contributed by atoms with E-state index in [4.69, 9.17) is 0 Å². The van der Waals surface area contributed by atoms with Crippen molar-refractivity contribution in [3.8, 4) is 0 Å². The highest BCUT2D eigenvalue weighted by Crippen LogP contribution is 2.40. The van der Waals surface area contributed by atoms with Crippen LogP contribution >= 0.6 is 0 Å². The Hall–Kier alpha value is -3.35. The van der Waals surface area contributed by atoms with E-state index in [1.165, 1.54) is 0 Å². The maximum absolute atomic E-state index is 14.0. The van der Waals surface area contributed by atoms with E-state index in [0.29, 0.717) is 32.6 Å². The third-order valence-electron chi connectivity index (χ3n) is 8.43. The summed E-state index contributed by atoms with van der Waals surface area (Å²) in [6.07, 6.45) is 5.09. The molecule has 0 N–H and O–H groups in total. The molecule has 0 aliphatic carbocycles. The van der Waals surface area contributed by atoms with E-state index in [1.807, 2.05) is 70.5 Å². The standard InChI is InChI=1S/C30H38N4O3/c1-2-26(24-12-6-3-7-13-24)28(36)32-20-16-30(17-21-32)29(37)33(22-27(35)31-18-10-5-11-19-31)23-34(30)25-14-8-4-9-15-25/h3-4,6-9,12-15,26H,2,5,10-11,16-23H2,1H3/t26-/m0/s1. The van der Waals surface area contributed by atoms with Gasteiger partial charge in [0, 0.05) is 31.9 Å². The van der Waals surface area contributed by atoms with Gasteiger partial charge < -0.3 is 19.6 Å². The first kappa shape index (κ1) is 25.3. The number of rotatable bonds is 6. The van der Waals surface area contributed by atoms with E-state index in [0.717, 1.165) is 50.0 Å². The zero-order chi connectivity index (χ0) is 25.8. The molecule has 3 heterocycles. The number of benzene rings is 2. The Kier molecular flexibility index (Phi) is 7.49.